The van der Waals surface area contributed by atoms with Crippen LogP contribution in [0.2, 0.25) is 5.02 Å². The first-order valence-electron chi connectivity index (χ1n) is 12.7. The molecular formula is C28H29ClN4O6. The molecule has 3 heterocycles. The number of nitrogens with one attached hydrogen (secondary N) is 1. The summed E-state index contributed by atoms with van der Waals surface area (Å²) >= 11 is 6.54. The highest BCUT2D eigenvalue weighted by Gasteiger charge is 2.25. The third kappa shape index (κ3) is 6.21. The van der Waals surface area contributed by atoms with Gasteiger partial charge >= 0.3 is 0 Å². The van der Waals surface area contributed by atoms with Gasteiger partial charge < -0.3 is 34.7 Å². The van der Waals surface area contributed by atoms with Gasteiger partial charge in [0.05, 0.1) is 48.8 Å². The fourth-order valence-corrected chi connectivity index (χ4v) is 4.71. The van der Waals surface area contributed by atoms with Gasteiger partial charge in [0.1, 0.15) is 6.10 Å². The molecule has 204 valence electrons. The number of fused-ring (bicyclic) bond motifs is 1. The van der Waals surface area contributed by atoms with Crippen LogP contribution in [0.25, 0.3) is 33.5 Å². The third-order valence-electron chi connectivity index (χ3n) is 6.50. The number of carbonyl (C=O) groups is 1. The molecule has 5 rings (SSSR count). The van der Waals surface area contributed by atoms with Crippen molar-refractivity contribution in [3.8, 4) is 28.4 Å². The Morgan fingerprint density at radius 3 is 2.41 bits per heavy atom. The number of hydrogen-bond donors (Lipinski definition) is 4. The van der Waals surface area contributed by atoms with Crippen LogP contribution < -0.4 is 4.74 Å². The average molecular weight is 553 g/mol. The fraction of sp³-hybridized carbons (Fsp3) is 0.321. The van der Waals surface area contributed by atoms with E-state index in [1.54, 1.807) is 23.1 Å². The van der Waals surface area contributed by atoms with Gasteiger partial charge in [-0.3, -0.25) is 4.79 Å². The molecular weight excluding hydrogens is 524 g/mol. The van der Waals surface area contributed by atoms with E-state index in [0.717, 1.165) is 16.7 Å². The van der Waals surface area contributed by atoms with E-state index in [0.29, 0.717) is 47.0 Å². The molecule has 4 N–H and O–H groups in total. The molecule has 1 amide bonds. The zero-order valence-corrected chi connectivity index (χ0v) is 21.8. The number of benzene rings is 2. The molecule has 2 aromatic carbocycles. The fourth-order valence-electron chi connectivity index (χ4n) is 4.45. The summed E-state index contributed by atoms with van der Waals surface area (Å²) in [4.78, 5) is 26.3. The number of pyridine rings is 1. The number of nitrogens with zero attached hydrogens (tertiary/aromatic N) is 3. The van der Waals surface area contributed by atoms with Crippen LogP contribution in [0.4, 0.5) is 0 Å². The molecule has 1 fully saturated rings. The summed E-state index contributed by atoms with van der Waals surface area (Å²) in [5, 5.41) is 28.5. The molecule has 11 heteroatoms. The van der Waals surface area contributed by atoms with Crippen LogP contribution in [0.1, 0.15) is 16.8 Å². The number of rotatable bonds is 10. The number of β-amino-alcohol motifs (C(OH)–C–C–N with tert-alkyl or cyclic N) is 1. The van der Waals surface area contributed by atoms with Crippen molar-refractivity contribution in [2.75, 3.05) is 39.5 Å². The lowest BCUT2D eigenvalue weighted by Gasteiger charge is -2.15. The highest BCUT2D eigenvalue weighted by Crippen LogP contribution is 2.31. The second kappa shape index (κ2) is 12.1. The summed E-state index contributed by atoms with van der Waals surface area (Å²) in [6, 6.07) is 17.1. The smallest absolute Gasteiger partial charge is 0.296 e. The summed E-state index contributed by atoms with van der Waals surface area (Å²) in [6.45, 7) is 0.794. The van der Waals surface area contributed by atoms with Crippen molar-refractivity contribution < 1.29 is 29.6 Å². The third-order valence-corrected chi connectivity index (χ3v) is 6.79. The number of carbonyl (C=O) groups excluding carboxylic acids is 1. The number of imidazole rings is 1. The largest absolute Gasteiger partial charge is 0.457 e. The Kier molecular flexibility index (Phi) is 8.39. The molecule has 2 unspecified atom stereocenters. The lowest BCUT2D eigenvalue weighted by Crippen LogP contribution is -2.29. The molecule has 1 aliphatic heterocycles. The maximum Gasteiger partial charge on any atom is 0.296 e. The van der Waals surface area contributed by atoms with E-state index in [-0.39, 0.29) is 38.3 Å². The molecule has 1 aliphatic rings. The van der Waals surface area contributed by atoms with Crippen molar-refractivity contribution in [2.45, 2.75) is 18.6 Å². The number of H-pyrrole nitrogens is 1. The van der Waals surface area contributed by atoms with E-state index in [4.69, 9.17) is 26.2 Å². The molecule has 0 aliphatic carbocycles. The number of aromatic nitrogens is 3. The highest BCUT2D eigenvalue weighted by atomic mass is 35.5. The SMILES string of the molecule is O=C(c1ccc(-c2ccc(-c3nc4nc(OC(CO)COCCO)[nH]c4cc3Cl)cc2)cc1)N1CCC(O)C1. The number of aliphatic hydroxyl groups is 3. The lowest BCUT2D eigenvalue weighted by molar-refractivity contribution is 0.00510. The number of amides is 1. The Labute approximate surface area is 229 Å². The van der Waals surface area contributed by atoms with Crippen LogP contribution in [0.15, 0.2) is 54.6 Å². The number of aromatic amines is 1. The van der Waals surface area contributed by atoms with Gasteiger partial charge in [-0.25, -0.2) is 4.98 Å². The van der Waals surface area contributed by atoms with Crippen LogP contribution in [-0.4, -0.2) is 92.8 Å². The van der Waals surface area contributed by atoms with Crippen molar-refractivity contribution in [1.82, 2.24) is 19.9 Å². The number of ether oxygens (including phenoxy) is 2. The molecule has 2 aromatic heterocycles. The van der Waals surface area contributed by atoms with Gasteiger partial charge in [-0.1, -0.05) is 48.0 Å². The topological polar surface area (TPSA) is 141 Å². The minimum atomic E-state index is -0.653. The van der Waals surface area contributed by atoms with Crippen molar-refractivity contribution in [3.63, 3.8) is 0 Å². The summed E-state index contributed by atoms with van der Waals surface area (Å²) in [7, 11) is 0. The Hall–Kier alpha value is -3.54. The monoisotopic (exact) mass is 552 g/mol. The standard InChI is InChI=1S/C28H29ClN4O6/c29-23-13-24-26(32-28(30-24)39-22(15-35)16-38-12-11-34)31-25(23)19-5-1-17(2-6-19)18-3-7-20(8-4-18)27(37)33-10-9-21(36)14-33/h1-8,13,21-22,34-36H,9-12,14-16H2,(H,30,31,32). The second-order valence-electron chi connectivity index (χ2n) is 9.30. The summed E-state index contributed by atoms with van der Waals surface area (Å²) in [6.07, 6.45) is -0.483. The van der Waals surface area contributed by atoms with Crippen LogP contribution in [0.3, 0.4) is 0 Å². The minimum absolute atomic E-state index is 0.0709. The van der Waals surface area contributed by atoms with E-state index in [1.807, 2.05) is 36.4 Å². The second-order valence-corrected chi connectivity index (χ2v) is 9.71. The van der Waals surface area contributed by atoms with Gasteiger partial charge in [0.15, 0.2) is 5.65 Å². The van der Waals surface area contributed by atoms with Crippen molar-refractivity contribution in [3.05, 3.63) is 65.2 Å². The first kappa shape index (κ1) is 27.0. The van der Waals surface area contributed by atoms with Gasteiger partial charge in [0, 0.05) is 24.2 Å². The number of halogens is 1. The van der Waals surface area contributed by atoms with Gasteiger partial charge in [0.2, 0.25) is 0 Å². The zero-order valence-electron chi connectivity index (χ0n) is 21.1. The Bertz CT molecular complexity index is 1430. The molecule has 0 saturated carbocycles. The van der Waals surface area contributed by atoms with Crippen LogP contribution in [-0.2, 0) is 4.74 Å². The Morgan fingerprint density at radius 2 is 1.77 bits per heavy atom. The molecule has 1 saturated heterocycles. The summed E-state index contributed by atoms with van der Waals surface area (Å²) < 4.78 is 10.9. The molecule has 0 bridgehead atoms. The number of hydrogen-bond acceptors (Lipinski definition) is 8. The van der Waals surface area contributed by atoms with Crippen molar-refractivity contribution in [2.24, 2.45) is 0 Å². The van der Waals surface area contributed by atoms with E-state index < -0.39 is 12.2 Å². The maximum atomic E-state index is 12.6. The number of aliphatic hydroxyl groups excluding tert-OH is 3. The minimum Gasteiger partial charge on any atom is -0.457 e. The molecule has 0 spiro atoms. The number of likely N-dealkylation sites (tertiary alicyclic amines) is 1. The van der Waals surface area contributed by atoms with Crippen molar-refractivity contribution in [1.29, 1.82) is 0 Å². The van der Waals surface area contributed by atoms with Crippen LogP contribution in [0, 0.1) is 0 Å². The zero-order chi connectivity index (χ0) is 27.4. The van der Waals surface area contributed by atoms with E-state index >= 15 is 0 Å². The molecule has 39 heavy (non-hydrogen) atoms. The highest BCUT2D eigenvalue weighted by molar-refractivity contribution is 6.33. The summed E-state index contributed by atoms with van der Waals surface area (Å²) in [5.74, 6) is -0.0709. The predicted molar refractivity (Wildman–Crippen MR) is 146 cm³/mol. The van der Waals surface area contributed by atoms with Gasteiger partial charge in [-0.15, -0.1) is 0 Å². The van der Waals surface area contributed by atoms with E-state index in [1.165, 1.54) is 0 Å². The quantitative estimate of drug-likeness (QED) is 0.220. The predicted octanol–water partition coefficient (Wildman–Crippen LogP) is 2.90. The van der Waals surface area contributed by atoms with Crippen LogP contribution in [0.5, 0.6) is 6.01 Å². The van der Waals surface area contributed by atoms with Gasteiger partial charge in [-0.2, -0.15) is 4.98 Å². The van der Waals surface area contributed by atoms with E-state index in [9.17, 15) is 15.0 Å². The van der Waals surface area contributed by atoms with Crippen molar-refractivity contribution >= 4 is 28.7 Å². The first-order chi connectivity index (χ1) is 18.9. The first-order valence-corrected chi connectivity index (χ1v) is 13.0. The lowest BCUT2D eigenvalue weighted by atomic mass is 10.0. The van der Waals surface area contributed by atoms with Gasteiger partial charge in [-0.05, 0) is 35.7 Å². The average Bonchev–Trinajstić information content (AvgIpc) is 3.57. The normalized spacial score (nSPS) is 16.1. The molecule has 4 aromatic rings. The molecule has 0 radical (unpaired) electrons. The Balaban J connectivity index is 1.30. The van der Waals surface area contributed by atoms with Gasteiger partial charge in [0.25, 0.3) is 11.9 Å². The van der Waals surface area contributed by atoms with Crippen LogP contribution >= 0.6 is 11.6 Å². The van der Waals surface area contributed by atoms with E-state index in [2.05, 4.69) is 15.0 Å². The maximum absolute atomic E-state index is 12.6. The molecule has 10 nitrogen and oxygen atoms in total. The molecule has 2 atom stereocenters. The Morgan fingerprint density at radius 1 is 1.08 bits per heavy atom. The summed E-state index contributed by atoms with van der Waals surface area (Å²) in [5.41, 5.74) is 4.89.